The zero-order valence-electron chi connectivity index (χ0n) is 14.4. The summed E-state index contributed by atoms with van der Waals surface area (Å²) in [4.78, 5) is 17.1. The number of amides is 1. The third kappa shape index (κ3) is 4.19. The van der Waals surface area contributed by atoms with Crippen LogP contribution in [0.3, 0.4) is 0 Å². The van der Waals surface area contributed by atoms with Gasteiger partial charge in [0.15, 0.2) is 11.5 Å². The Hall–Kier alpha value is -1.50. The van der Waals surface area contributed by atoms with Crippen molar-refractivity contribution in [2.45, 2.75) is 19.4 Å². The fraction of sp³-hybridized carbons (Fsp3) is 0.611. The van der Waals surface area contributed by atoms with E-state index in [-0.39, 0.29) is 18.3 Å². The summed E-state index contributed by atoms with van der Waals surface area (Å²) in [5, 5.41) is 3.33. The first-order valence-corrected chi connectivity index (χ1v) is 8.90. The predicted octanol–water partition coefficient (Wildman–Crippen LogP) is 1.48. The zero-order chi connectivity index (χ0) is 16.4. The first kappa shape index (κ1) is 18.3. The minimum Gasteiger partial charge on any atom is -0.454 e. The molecule has 3 aliphatic rings. The lowest BCUT2D eigenvalue weighted by molar-refractivity contribution is -0.138. The largest absolute Gasteiger partial charge is 0.454 e. The Morgan fingerprint density at radius 1 is 1.08 bits per heavy atom. The Balaban J connectivity index is 0.00000182. The van der Waals surface area contributed by atoms with Gasteiger partial charge in [0, 0.05) is 38.6 Å². The van der Waals surface area contributed by atoms with Gasteiger partial charge in [-0.3, -0.25) is 9.69 Å². The topological polar surface area (TPSA) is 54.0 Å². The molecule has 0 aliphatic carbocycles. The highest BCUT2D eigenvalue weighted by Crippen LogP contribution is 2.32. The number of nitrogens with zero attached hydrogens (tertiary/aromatic N) is 2. The van der Waals surface area contributed by atoms with Crippen molar-refractivity contribution in [1.82, 2.24) is 15.1 Å². The Morgan fingerprint density at radius 2 is 1.80 bits per heavy atom. The lowest BCUT2D eigenvalue weighted by Crippen LogP contribution is -2.51. The molecule has 3 aliphatic heterocycles. The molecule has 0 aromatic heterocycles. The van der Waals surface area contributed by atoms with E-state index in [9.17, 15) is 4.79 Å². The standard InChI is InChI=1S/C18H25N3O3.ClH/c22-18(15-3-5-19-6-4-15)21-9-7-20(8-10-21)12-14-1-2-16-17(11-14)24-13-23-16;/h1-2,11,15,19H,3-10,12-13H2;1H. The second kappa shape index (κ2) is 8.25. The molecule has 0 spiro atoms. The smallest absolute Gasteiger partial charge is 0.231 e. The molecule has 2 saturated heterocycles. The first-order chi connectivity index (χ1) is 11.8. The minimum atomic E-state index is 0. The quantitative estimate of drug-likeness (QED) is 0.877. The van der Waals surface area contributed by atoms with Gasteiger partial charge in [-0.2, -0.15) is 0 Å². The predicted molar refractivity (Wildman–Crippen MR) is 97.3 cm³/mol. The van der Waals surface area contributed by atoms with Gasteiger partial charge >= 0.3 is 0 Å². The normalized spacial score (nSPS) is 21.0. The van der Waals surface area contributed by atoms with E-state index in [4.69, 9.17) is 9.47 Å². The van der Waals surface area contributed by atoms with Crippen molar-refractivity contribution in [3.63, 3.8) is 0 Å². The van der Waals surface area contributed by atoms with Gasteiger partial charge in [0.2, 0.25) is 12.7 Å². The van der Waals surface area contributed by atoms with Crippen LogP contribution >= 0.6 is 12.4 Å². The summed E-state index contributed by atoms with van der Waals surface area (Å²) in [5.41, 5.74) is 1.23. The van der Waals surface area contributed by atoms with Gasteiger partial charge in [-0.25, -0.2) is 0 Å². The molecular formula is C18H26ClN3O3. The Kier molecular flexibility index (Phi) is 6.04. The average molecular weight is 368 g/mol. The van der Waals surface area contributed by atoms with Crippen LogP contribution in [0.2, 0.25) is 0 Å². The van der Waals surface area contributed by atoms with Crippen molar-refractivity contribution in [2.24, 2.45) is 5.92 Å². The molecule has 0 bridgehead atoms. The summed E-state index contributed by atoms with van der Waals surface area (Å²) in [6.45, 7) is 6.71. The molecular weight excluding hydrogens is 342 g/mol. The summed E-state index contributed by atoms with van der Waals surface area (Å²) in [7, 11) is 0. The van der Waals surface area contributed by atoms with Gasteiger partial charge in [-0.05, 0) is 43.6 Å². The number of fused-ring (bicyclic) bond motifs is 1. The lowest BCUT2D eigenvalue weighted by Gasteiger charge is -2.37. The van der Waals surface area contributed by atoms with Crippen LogP contribution < -0.4 is 14.8 Å². The molecule has 3 heterocycles. The second-order valence-corrected chi connectivity index (χ2v) is 6.81. The van der Waals surface area contributed by atoms with Gasteiger partial charge in [-0.1, -0.05) is 6.07 Å². The lowest BCUT2D eigenvalue weighted by atomic mass is 9.96. The zero-order valence-corrected chi connectivity index (χ0v) is 15.2. The maximum Gasteiger partial charge on any atom is 0.231 e. The van der Waals surface area contributed by atoms with E-state index >= 15 is 0 Å². The van der Waals surface area contributed by atoms with E-state index in [1.807, 2.05) is 6.07 Å². The highest BCUT2D eigenvalue weighted by Gasteiger charge is 2.28. The van der Waals surface area contributed by atoms with Gasteiger partial charge in [0.05, 0.1) is 0 Å². The second-order valence-electron chi connectivity index (χ2n) is 6.81. The van der Waals surface area contributed by atoms with E-state index in [0.29, 0.717) is 12.7 Å². The minimum absolute atomic E-state index is 0. The van der Waals surface area contributed by atoms with Crippen LogP contribution in [0.4, 0.5) is 0 Å². The number of halogens is 1. The summed E-state index contributed by atoms with van der Waals surface area (Å²) in [5.74, 6) is 2.26. The molecule has 6 nitrogen and oxygen atoms in total. The van der Waals surface area contributed by atoms with Crippen LogP contribution in [0.5, 0.6) is 11.5 Å². The molecule has 1 N–H and O–H groups in total. The Bertz CT molecular complexity index is 599. The van der Waals surface area contributed by atoms with Crippen LogP contribution in [0.1, 0.15) is 18.4 Å². The fourth-order valence-electron chi connectivity index (χ4n) is 3.75. The SMILES string of the molecule is Cl.O=C(C1CCNCC1)N1CCN(Cc2ccc3c(c2)OCO3)CC1. The number of hydrogen-bond donors (Lipinski definition) is 1. The van der Waals surface area contributed by atoms with E-state index in [1.165, 1.54) is 5.56 Å². The maximum atomic E-state index is 12.6. The number of rotatable bonds is 3. The van der Waals surface area contributed by atoms with Gasteiger partial charge < -0.3 is 19.7 Å². The first-order valence-electron chi connectivity index (χ1n) is 8.90. The molecule has 0 saturated carbocycles. The molecule has 0 atom stereocenters. The van der Waals surface area contributed by atoms with Crippen LogP contribution in [-0.2, 0) is 11.3 Å². The number of piperazine rings is 1. The van der Waals surface area contributed by atoms with E-state index in [2.05, 4.69) is 27.2 Å². The third-order valence-corrected chi connectivity index (χ3v) is 5.22. The van der Waals surface area contributed by atoms with Gasteiger partial charge in [-0.15, -0.1) is 12.4 Å². The summed E-state index contributed by atoms with van der Waals surface area (Å²) in [6, 6.07) is 6.14. The van der Waals surface area contributed by atoms with Crippen molar-refractivity contribution < 1.29 is 14.3 Å². The number of ether oxygens (including phenoxy) is 2. The Labute approximate surface area is 154 Å². The molecule has 0 radical (unpaired) electrons. The van der Waals surface area contributed by atoms with Crippen LogP contribution in [-0.4, -0.2) is 61.8 Å². The van der Waals surface area contributed by atoms with Crippen molar-refractivity contribution >= 4 is 18.3 Å². The van der Waals surface area contributed by atoms with Crippen molar-refractivity contribution in [1.29, 1.82) is 0 Å². The third-order valence-electron chi connectivity index (χ3n) is 5.22. The molecule has 7 heteroatoms. The molecule has 2 fully saturated rings. The molecule has 4 rings (SSSR count). The number of piperidine rings is 1. The number of carbonyl (C=O) groups is 1. The summed E-state index contributed by atoms with van der Waals surface area (Å²) in [6.07, 6.45) is 1.96. The fourth-order valence-corrected chi connectivity index (χ4v) is 3.75. The number of nitrogens with one attached hydrogen (secondary N) is 1. The number of carbonyl (C=O) groups excluding carboxylic acids is 1. The van der Waals surface area contributed by atoms with E-state index in [1.54, 1.807) is 0 Å². The van der Waals surface area contributed by atoms with Crippen molar-refractivity contribution in [3.05, 3.63) is 23.8 Å². The van der Waals surface area contributed by atoms with Crippen LogP contribution in [0.25, 0.3) is 0 Å². The monoisotopic (exact) mass is 367 g/mol. The summed E-state index contributed by atoms with van der Waals surface area (Å²) >= 11 is 0. The van der Waals surface area contributed by atoms with E-state index < -0.39 is 0 Å². The highest BCUT2D eigenvalue weighted by molar-refractivity contribution is 5.85. The van der Waals surface area contributed by atoms with Crippen LogP contribution in [0, 0.1) is 5.92 Å². The maximum absolute atomic E-state index is 12.6. The van der Waals surface area contributed by atoms with Crippen LogP contribution in [0.15, 0.2) is 18.2 Å². The molecule has 1 aromatic carbocycles. The molecule has 0 unspecified atom stereocenters. The number of hydrogen-bond acceptors (Lipinski definition) is 5. The average Bonchev–Trinajstić information content (AvgIpc) is 3.10. The Morgan fingerprint density at radius 3 is 2.56 bits per heavy atom. The van der Waals surface area contributed by atoms with Gasteiger partial charge in [0.1, 0.15) is 0 Å². The van der Waals surface area contributed by atoms with Crippen molar-refractivity contribution in [3.8, 4) is 11.5 Å². The highest BCUT2D eigenvalue weighted by atomic mass is 35.5. The van der Waals surface area contributed by atoms with E-state index in [0.717, 1.165) is 70.2 Å². The van der Waals surface area contributed by atoms with Gasteiger partial charge in [0.25, 0.3) is 0 Å². The molecule has 25 heavy (non-hydrogen) atoms. The molecule has 138 valence electrons. The van der Waals surface area contributed by atoms with Crippen molar-refractivity contribution in [2.75, 3.05) is 46.1 Å². The molecule has 1 amide bonds. The molecule has 1 aromatic rings. The summed E-state index contributed by atoms with van der Waals surface area (Å²) < 4.78 is 10.8. The number of benzene rings is 1.